The Bertz CT molecular complexity index is 813. The van der Waals surface area contributed by atoms with E-state index in [9.17, 15) is 4.79 Å². The molecule has 136 valence electrons. The molecule has 1 saturated heterocycles. The van der Waals surface area contributed by atoms with E-state index in [-0.39, 0.29) is 5.43 Å². The molecule has 5 heteroatoms. The van der Waals surface area contributed by atoms with Gasteiger partial charge < -0.3 is 19.4 Å². The molecule has 2 aromatic rings. The Morgan fingerprint density at radius 3 is 2.60 bits per heavy atom. The first-order valence-corrected chi connectivity index (χ1v) is 9.21. The zero-order chi connectivity index (χ0) is 18.0. The Balaban J connectivity index is 2.11. The van der Waals surface area contributed by atoms with Crippen LogP contribution in [0.25, 0.3) is 10.9 Å². The summed E-state index contributed by atoms with van der Waals surface area (Å²) in [5.41, 5.74) is 2.58. The molecule has 1 aromatic carbocycles. The van der Waals surface area contributed by atoms with Gasteiger partial charge in [0.1, 0.15) is 18.0 Å². The van der Waals surface area contributed by atoms with Crippen LogP contribution in [0.4, 0.5) is 0 Å². The van der Waals surface area contributed by atoms with Crippen molar-refractivity contribution in [1.82, 2.24) is 4.98 Å². The molecule has 0 amide bonds. The highest BCUT2D eigenvalue weighted by Gasteiger charge is 2.27. The van der Waals surface area contributed by atoms with Gasteiger partial charge in [0, 0.05) is 5.69 Å². The van der Waals surface area contributed by atoms with Gasteiger partial charge in [-0.3, -0.25) is 4.79 Å². The van der Waals surface area contributed by atoms with E-state index in [4.69, 9.17) is 9.47 Å². The molecule has 2 atom stereocenters. The number of hydrogen-bond donors (Lipinski definition) is 2. The number of piperidine rings is 1. The van der Waals surface area contributed by atoms with Gasteiger partial charge in [-0.1, -0.05) is 6.92 Å². The minimum Gasteiger partial charge on any atom is -0.496 e. The molecule has 2 N–H and O–H groups in total. The minimum absolute atomic E-state index is 0.0647. The first-order valence-electron chi connectivity index (χ1n) is 9.21. The summed E-state index contributed by atoms with van der Waals surface area (Å²) >= 11 is 0. The van der Waals surface area contributed by atoms with Crippen LogP contribution in [0.15, 0.2) is 16.9 Å². The largest absolute Gasteiger partial charge is 0.496 e. The number of nitrogens with one attached hydrogen (secondary N) is 2. The van der Waals surface area contributed by atoms with E-state index in [0.717, 1.165) is 30.8 Å². The predicted molar refractivity (Wildman–Crippen MR) is 99.9 cm³/mol. The lowest BCUT2D eigenvalue weighted by Crippen LogP contribution is -3.15. The lowest BCUT2D eigenvalue weighted by Gasteiger charge is -2.32. The molecule has 0 saturated carbocycles. The third kappa shape index (κ3) is 3.25. The van der Waals surface area contributed by atoms with Gasteiger partial charge in [-0.25, -0.2) is 0 Å². The van der Waals surface area contributed by atoms with Crippen molar-refractivity contribution in [3.8, 4) is 11.5 Å². The monoisotopic (exact) mass is 345 g/mol. The number of aromatic amines is 1. The smallest absolute Gasteiger partial charge is 0.202 e. The van der Waals surface area contributed by atoms with Gasteiger partial charge in [0.2, 0.25) is 5.43 Å². The standard InChI is InChI=1S/C20H28N2O3/c1-5-14-8-6-7-11-22(14)12-15-13(2)21-19-17(25-4)10-9-16(24-3)18(19)20(15)23/h9-10,14H,5-8,11-12H2,1-4H3,(H,21,23)/p+1/t14-/m0/s1. The zero-order valence-electron chi connectivity index (χ0n) is 15.7. The molecule has 3 rings (SSSR count). The van der Waals surface area contributed by atoms with Crippen molar-refractivity contribution in [3.05, 3.63) is 33.6 Å². The average molecular weight is 345 g/mol. The summed E-state index contributed by atoms with van der Waals surface area (Å²) in [7, 11) is 3.22. The summed E-state index contributed by atoms with van der Waals surface area (Å²) < 4.78 is 10.9. The van der Waals surface area contributed by atoms with Crippen molar-refractivity contribution < 1.29 is 14.4 Å². The van der Waals surface area contributed by atoms with Crippen molar-refractivity contribution in [2.24, 2.45) is 0 Å². The molecule has 1 aromatic heterocycles. The Morgan fingerprint density at radius 1 is 1.20 bits per heavy atom. The maximum absolute atomic E-state index is 13.3. The summed E-state index contributed by atoms with van der Waals surface area (Å²) in [6.07, 6.45) is 4.97. The SMILES string of the molecule is CC[C@H]1CCCC[NH+]1Cc1c(C)[nH]c2c(OC)ccc(OC)c2c1=O. The lowest BCUT2D eigenvalue weighted by molar-refractivity contribution is -0.944. The topological polar surface area (TPSA) is 55.8 Å². The molecule has 0 spiro atoms. The number of ether oxygens (including phenoxy) is 2. The van der Waals surface area contributed by atoms with Crippen LogP contribution in [0.1, 0.15) is 43.9 Å². The molecule has 5 nitrogen and oxygen atoms in total. The van der Waals surface area contributed by atoms with Gasteiger partial charge in [-0.2, -0.15) is 0 Å². The Hall–Kier alpha value is -2.01. The minimum atomic E-state index is 0.0647. The number of aromatic nitrogens is 1. The van der Waals surface area contributed by atoms with Crippen LogP contribution in [-0.2, 0) is 6.54 Å². The molecule has 2 heterocycles. The summed E-state index contributed by atoms with van der Waals surface area (Å²) in [5.74, 6) is 1.26. The molecule has 1 aliphatic rings. The van der Waals surface area contributed by atoms with Gasteiger partial charge in [-0.05, 0) is 44.7 Å². The van der Waals surface area contributed by atoms with E-state index in [1.54, 1.807) is 20.3 Å². The van der Waals surface area contributed by atoms with Crippen molar-refractivity contribution in [3.63, 3.8) is 0 Å². The van der Waals surface area contributed by atoms with E-state index >= 15 is 0 Å². The van der Waals surface area contributed by atoms with Gasteiger partial charge >= 0.3 is 0 Å². The Kier molecular flexibility index (Phi) is 5.33. The number of pyridine rings is 1. The van der Waals surface area contributed by atoms with Gasteiger partial charge in [-0.15, -0.1) is 0 Å². The molecular weight excluding hydrogens is 316 g/mol. The van der Waals surface area contributed by atoms with Gasteiger partial charge in [0.05, 0.1) is 43.3 Å². The second kappa shape index (κ2) is 7.48. The molecular formula is C20H29N2O3+. The van der Waals surface area contributed by atoms with E-state index in [0.29, 0.717) is 28.4 Å². The molecule has 25 heavy (non-hydrogen) atoms. The number of methoxy groups -OCH3 is 2. The fourth-order valence-corrected chi connectivity index (χ4v) is 4.15. The van der Waals surface area contributed by atoms with Crippen LogP contribution in [-0.4, -0.2) is 31.8 Å². The number of H-pyrrole nitrogens is 1. The first-order chi connectivity index (χ1) is 12.1. The highest BCUT2D eigenvalue weighted by Crippen LogP contribution is 2.30. The fraction of sp³-hybridized carbons (Fsp3) is 0.550. The Morgan fingerprint density at radius 2 is 1.92 bits per heavy atom. The van der Waals surface area contributed by atoms with E-state index in [1.807, 2.05) is 13.0 Å². The highest BCUT2D eigenvalue weighted by molar-refractivity contribution is 5.90. The van der Waals surface area contributed by atoms with Crippen LogP contribution in [0.3, 0.4) is 0 Å². The third-order valence-corrected chi connectivity index (χ3v) is 5.61. The summed E-state index contributed by atoms with van der Waals surface area (Å²) in [4.78, 5) is 18.2. The van der Waals surface area contributed by atoms with Gasteiger partial charge in [0.25, 0.3) is 0 Å². The van der Waals surface area contributed by atoms with Crippen LogP contribution in [0.5, 0.6) is 11.5 Å². The number of hydrogen-bond acceptors (Lipinski definition) is 3. The lowest BCUT2D eigenvalue weighted by atomic mass is 9.98. The van der Waals surface area contributed by atoms with Crippen LogP contribution < -0.4 is 19.8 Å². The number of quaternary nitrogens is 1. The van der Waals surface area contributed by atoms with E-state index < -0.39 is 0 Å². The average Bonchev–Trinajstić information content (AvgIpc) is 2.64. The highest BCUT2D eigenvalue weighted by atomic mass is 16.5. The molecule has 0 aliphatic carbocycles. The summed E-state index contributed by atoms with van der Waals surface area (Å²) in [6.45, 7) is 6.15. The first kappa shape index (κ1) is 17.8. The fourth-order valence-electron chi connectivity index (χ4n) is 4.15. The maximum Gasteiger partial charge on any atom is 0.202 e. The summed E-state index contributed by atoms with van der Waals surface area (Å²) in [6, 6.07) is 4.28. The van der Waals surface area contributed by atoms with Crippen LogP contribution in [0.2, 0.25) is 0 Å². The second-order valence-electron chi connectivity index (χ2n) is 6.96. The molecule has 1 fully saturated rings. The molecule has 1 unspecified atom stereocenters. The number of benzene rings is 1. The summed E-state index contributed by atoms with van der Waals surface area (Å²) in [5, 5.41) is 0.590. The second-order valence-corrected chi connectivity index (χ2v) is 6.96. The zero-order valence-corrected chi connectivity index (χ0v) is 15.7. The Labute approximate surface area is 148 Å². The quantitative estimate of drug-likeness (QED) is 0.873. The van der Waals surface area contributed by atoms with Crippen LogP contribution in [0, 0.1) is 6.92 Å². The van der Waals surface area contributed by atoms with Crippen molar-refractivity contribution in [1.29, 1.82) is 0 Å². The number of likely N-dealkylation sites (tertiary alicyclic amines) is 1. The number of aryl methyl sites for hydroxylation is 1. The van der Waals surface area contributed by atoms with Crippen LogP contribution >= 0.6 is 0 Å². The normalized spacial score (nSPS) is 20.6. The van der Waals surface area contributed by atoms with Crippen molar-refractivity contribution >= 4 is 10.9 Å². The van der Waals surface area contributed by atoms with E-state index in [1.165, 1.54) is 24.2 Å². The molecule has 0 bridgehead atoms. The van der Waals surface area contributed by atoms with Crippen molar-refractivity contribution in [2.75, 3.05) is 20.8 Å². The van der Waals surface area contributed by atoms with Gasteiger partial charge in [0.15, 0.2) is 0 Å². The number of fused-ring (bicyclic) bond motifs is 1. The number of rotatable bonds is 5. The molecule has 0 radical (unpaired) electrons. The molecule has 1 aliphatic heterocycles. The maximum atomic E-state index is 13.3. The third-order valence-electron chi connectivity index (χ3n) is 5.61. The van der Waals surface area contributed by atoms with E-state index in [2.05, 4.69) is 11.9 Å². The van der Waals surface area contributed by atoms with Crippen molar-refractivity contribution in [2.45, 2.75) is 52.1 Å². The predicted octanol–water partition coefficient (Wildman–Crippen LogP) is 2.20.